The number of hydrogen-bond donors (Lipinski definition) is 0. The Hall–Kier alpha value is -4.50. The summed E-state index contributed by atoms with van der Waals surface area (Å²) in [7, 11) is 2.29. The van der Waals surface area contributed by atoms with Gasteiger partial charge < -0.3 is 4.90 Å². The molecule has 1 nitrogen and oxygen atoms in total. The summed E-state index contributed by atoms with van der Waals surface area (Å²) < 4.78 is 294. The number of hydrogen-bond acceptors (Lipinski definition) is 1. The summed E-state index contributed by atoms with van der Waals surface area (Å²) in [4.78, 5) is 2.59. The Morgan fingerprint density at radius 3 is 0.630 bits per heavy atom. The van der Waals surface area contributed by atoms with Crippen LogP contribution in [0, 0.1) is 116 Å². The zero-order valence-electron chi connectivity index (χ0n) is 26.3. The van der Waals surface area contributed by atoms with Crippen molar-refractivity contribution in [3.05, 3.63) is 116 Å². The summed E-state index contributed by atoms with van der Waals surface area (Å²) in [6.07, 6.45) is 0.146. The fourth-order valence-electron chi connectivity index (χ4n) is 7.25. The van der Waals surface area contributed by atoms with Crippen LogP contribution < -0.4 is 21.9 Å². The van der Waals surface area contributed by atoms with E-state index in [1.54, 1.807) is 0 Å². The third kappa shape index (κ3) is 5.68. The van der Waals surface area contributed by atoms with Crippen molar-refractivity contribution in [1.29, 1.82) is 0 Å². The summed E-state index contributed by atoms with van der Waals surface area (Å²) in [6.45, 7) is 0. The van der Waals surface area contributed by atoms with Crippen molar-refractivity contribution in [3.8, 4) is 0 Å². The lowest BCUT2D eigenvalue weighted by molar-refractivity contribution is 0.179. The second kappa shape index (κ2) is 14.3. The van der Waals surface area contributed by atoms with Gasteiger partial charge in [0.15, 0.2) is 69.8 Å². The molecule has 4 aromatic rings. The predicted molar refractivity (Wildman–Crippen MR) is 148 cm³/mol. The largest absolute Gasteiger partial charge is 0.300 e. The molecule has 0 amide bonds. The zero-order valence-corrected chi connectivity index (χ0v) is 26.3. The number of benzene rings is 4. The monoisotopic (exact) mass is 804 g/mol. The van der Waals surface area contributed by atoms with Crippen molar-refractivity contribution in [2.24, 2.45) is 0 Å². The van der Waals surface area contributed by atoms with E-state index in [9.17, 15) is 52.7 Å². The number of piperidine rings is 1. The fraction of sp³-hybridized carbons (Fsp3) is 0.250. The van der Waals surface area contributed by atoms with Crippen LogP contribution in [0.3, 0.4) is 0 Å². The first kappa shape index (κ1) is 40.7. The van der Waals surface area contributed by atoms with E-state index < -0.39 is 144 Å². The summed E-state index contributed by atoms with van der Waals surface area (Å²) >= 11 is 0. The summed E-state index contributed by atoms with van der Waals surface area (Å²) in [5.41, 5.74) is -14.3. The van der Waals surface area contributed by atoms with Gasteiger partial charge in [0.25, 0.3) is 0 Å². The zero-order chi connectivity index (χ0) is 40.6. The highest BCUT2D eigenvalue weighted by atomic mass is 19.2. The first-order chi connectivity index (χ1) is 25.1. The molecule has 2 atom stereocenters. The maximum Gasteiger partial charge on any atom is 0.200 e. The minimum absolute atomic E-state index is 0.962. The lowest BCUT2D eigenvalue weighted by atomic mass is 9.12. The molecule has 2 heterocycles. The first-order valence-electron chi connectivity index (χ1n) is 15.0. The van der Waals surface area contributed by atoms with Crippen LogP contribution in [0.5, 0.6) is 0 Å². The van der Waals surface area contributed by atoms with Crippen molar-refractivity contribution in [2.75, 3.05) is 7.05 Å². The average Bonchev–Trinajstić information content (AvgIpc) is 3.32. The van der Waals surface area contributed by atoms with E-state index in [1.165, 1.54) is 32.1 Å². The minimum Gasteiger partial charge on any atom is -0.300 e. The van der Waals surface area contributed by atoms with Gasteiger partial charge in [-0.1, -0.05) is 6.42 Å². The van der Waals surface area contributed by atoms with Crippen molar-refractivity contribution in [1.82, 2.24) is 4.90 Å². The molecule has 0 aliphatic carbocycles. The van der Waals surface area contributed by atoms with E-state index in [2.05, 4.69) is 11.9 Å². The second-order valence-electron chi connectivity index (χ2n) is 12.3. The van der Waals surface area contributed by atoms with Crippen LogP contribution in [-0.4, -0.2) is 30.2 Å². The van der Waals surface area contributed by atoms with Crippen molar-refractivity contribution in [3.63, 3.8) is 0 Å². The van der Waals surface area contributed by atoms with Crippen LogP contribution in [-0.2, 0) is 0 Å². The molecular weight excluding hydrogens is 789 g/mol. The molecular formula is C32H15BF20N-. The molecule has 22 heteroatoms. The van der Waals surface area contributed by atoms with Gasteiger partial charge >= 0.3 is 0 Å². The minimum atomic E-state index is -7.22. The summed E-state index contributed by atoms with van der Waals surface area (Å²) in [5.74, 6) is -71.4. The molecule has 6 rings (SSSR count). The lowest BCUT2D eigenvalue weighted by Gasteiger charge is -2.44. The smallest absolute Gasteiger partial charge is 0.200 e. The van der Waals surface area contributed by atoms with Gasteiger partial charge in [0.2, 0.25) is 0 Å². The Morgan fingerprint density at radius 1 is 0.296 bits per heavy atom. The van der Waals surface area contributed by atoms with E-state index in [1.807, 2.05) is 0 Å². The number of nitrogens with zero attached hydrogens (tertiary/aromatic N) is 1. The van der Waals surface area contributed by atoms with E-state index in [0.717, 1.165) is 12.1 Å². The molecule has 0 N–H and O–H groups in total. The van der Waals surface area contributed by atoms with E-state index in [-0.39, 0.29) is 0 Å². The third-order valence-corrected chi connectivity index (χ3v) is 9.77. The van der Waals surface area contributed by atoms with Crippen LogP contribution >= 0.6 is 0 Å². The van der Waals surface area contributed by atoms with Crippen LogP contribution in [0.15, 0.2) is 0 Å². The van der Waals surface area contributed by atoms with E-state index in [0.29, 0.717) is 0 Å². The standard InChI is InChI=1S/C24BF20.C8H15N/c26-5-1(6(27)14(35)21(42)13(5)34)25(2-7(28)15(36)22(43)16(37)8(2)29,3-9(30)17(38)23(44)18(39)10(3)31)4-11(32)19(40)24(45)20(41)12(4)33;1-9-7-3-2-4-8(9)6-5-7/h;7-8H,2-6H2,1H3/q-1;/t;7-,8+. The van der Waals surface area contributed by atoms with Gasteiger partial charge in [-0.15, -0.1) is 21.9 Å². The SMILES string of the molecule is CN1[C@@H]2CCC[C@H]1CC2.Fc1c(F)c(F)c([B-](c2c(F)c(F)c(F)c(F)c2F)(c2c(F)c(F)c(F)c(F)c2F)c2c(F)c(F)c(F)c(F)c2F)c(F)c1F. The van der Waals surface area contributed by atoms with Gasteiger partial charge in [0.05, 0.1) is 0 Å². The van der Waals surface area contributed by atoms with Gasteiger partial charge in [-0.25, -0.2) is 87.8 Å². The van der Waals surface area contributed by atoms with E-state index in [4.69, 9.17) is 0 Å². The van der Waals surface area contributed by atoms with Gasteiger partial charge in [0.1, 0.15) is 52.7 Å². The highest BCUT2D eigenvalue weighted by Crippen LogP contribution is 2.34. The first-order valence-corrected chi connectivity index (χ1v) is 15.0. The molecule has 0 radical (unpaired) electrons. The van der Waals surface area contributed by atoms with Gasteiger partial charge in [0, 0.05) is 12.1 Å². The second-order valence-corrected chi connectivity index (χ2v) is 12.3. The number of fused-ring (bicyclic) bond motifs is 2. The van der Waals surface area contributed by atoms with Crippen molar-refractivity contribution < 1.29 is 87.8 Å². The molecule has 292 valence electrons. The van der Waals surface area contributed by atoms with Gasteiger partial charge in [-0.05, 0) is 32.7 Å². The normalized spacial score (nSPS) is 17.3. The molecule has 2 saturated heterocycles. The summed E-state index contributed by atoms with van der Waals surface area (Å²) in [5, 5.41) is 0. The Kier molecular flexibility index (Phi) is 10.8. The number of halogens is 20. The lowest BCUT2D eigenvalue weighted by Crippen LogP contribution is -2.81. The maximum absolute atomic E-state index is 15.4. The molecule has 2 fully saturated rings. The van der Waals surface area contributed by atoms with Crippen LogP contribution in [0.2, 0.25) is 0 Å². The molecule has 2 aliphatic rings. The highest BCUT2D eigenvalue weighted by molar-refractivity contribution is 7.20. The van der Waals surface area contributed by atoms with Crippen LogP contribution in [0.1, 0.15) is 32.1 Å². The number of rotatable bonds is 4. The topological polar surface area (TPSA) is 3.24 Å². The Labute approximate surface area is 288 Å². The molecule has 0 aromatic heterocycles. The fourth-order valence-corrected chi connectivity index (χ4v) is 7.25. The average molecular weight is 804 g/mol. The van der Waals surface area contributed by atoms with Gasteiger partial charge in [-0.3, -0.25) is 0 Å². The molecule has 2 bridgehead atoms. The van der Waals surface area contributed by atoms with E-state index >= 15 is 35.1 Å². The van der Waals surface area contributed by atoms with Crippen molar-refractivity contribution in [2.45, 2.75) is 44.2 Å². The Balaban J connectivity index is 0.000000537. The molecule has 2 aliphatic heterocycles. The van der Waals surface area contributed by atoms with Crippen molar-refractivity contribution >= 4 is 28.0 Å². The van der Waals surface area contributed by atoms with Gasteiger partial charge in [-0.2, -0.15) is 0 Å². The van der Waals surface area contributed by atoms with Crippen LogP contribution in [0.4, 0.5) is 87.8 Å². The third-order valence-electron chi connectivity index (χ3n) is 9.77. The molecule has 0 spiro atoms. The predicted octanol–water partition coefficient (Wildman–Crippen LogP) is 7.48. The molecule has 0 unspecified atom stereocenters. The maximum atomic E-state index is 15.4. The Bertz CT molecular complexity index is 1810. The highest BCUT2D eigenvalue weighted by Gasteiger charge is 2.52. The van der Waals surface area contributed by atoms with Crippen LogP contribution in [0.25, 0.3) is 0 Å². The molecule has 54 heavy (non-hydrogen) atoms. The Morgan fingerprint density at radius 2 is 0.463 bits per heavy atom. The quantitative estimate of drug-likeness (QED) is 0.0897. The molecule has 0 saturated carbocycles. The summed E-state index contributed by atoms with van der Waals surface area (Å²) in [6, 6.07) is 1.92. The molecule has 4 aromatic carbocycles.